The van der Waals surface area contributed by atoms with Crippen molar-refractivity contribution in [1.29, 1.82) is 0 Å². The van der Waals surface area contributed by atoms with Crippen LogP contribution in [0.2, 0.25) is 19.6 Å². The fourth-order valence-electron chi connectivity index (χ4n) is 3.15. The molecule has 0 atom stereocenters. The van der Waals surface area contributed by atoms with E-state index in [9.17, 15) is 10.1 Å². The lowest BCUT2D eigenvalue weighted by atomic mass is 10.3. The maximum Gasteiger partial charge on any atom is 0.269 e. The maximum absolute atomic E-state index is 10.6. The van der Waals surface area contributed by atoms with Gasteiger partial charge >= 0.3 is 0 Å². The molecule has 0 aliphatic rings. The molecule has 0 unspecified atom stereocenters. The predicted octanol–water partition coefficient (Wildman–Crippen LogP) is 2.97. The van der Waals surface area contributed by atoms with Crippen LogP contribution in [0.3, 0.4) is 0 Å². The van der Waals surface area contributed by atoms with Crippen LogP contribution in [0.1, 0.15) is 0 Å². The molecule has 0 aliphatic carbocycles. The van der Waals surface area contributed by atoms with Gasteiger partial charge in [0.2, 0.25) is 0 Å². The summed E-state index contributed by atoms with van der Waals surface area (Å²) in [6, 6.07) is 5.91. The molecule has 0 saturated carbocycles. The Kier molecular flexibility index (Phi) is 26.3. The first-order chi connectivity index (χ1) is 21.4. The minimum atomic E-state index is -1.46. The van der Waals surface area contributed by atoms with E-state index in [1.807, 2.05) is 0 Å². The van der Waals surface area contributed by atoms with Crippen molar-refractivity contribution in [3.05, 3.63) is 34.4 Å². The number of nitro groups is 1. The summed E-state index contributed by atoms with van der Waals surface area (Å²) in [6.07, 6.45) is 0. The van der Waals surface area contributed by atoms with Crippen LogP contribution in [0, 0.1) is 10.1 Å². The van der Waals surface area contributed by atoms with Crippen LogP contribution in [-0.4, -0.2) is 145 Å². The van der Waals surface area contributed by atoms with Gasteiger partial charge in [-0.25, -0.2) is 0 Å². The molecule has 14 nitrogen and oxygen atoms in total. The average Bonchev–Trinajstić information content (AvgIpc) is 2.99. The summed E-state index contributed by atoms with van der Waals surface area (Å²) in [4.78, 5) is 10.2. The minimum absolute atomic E-state index is 0.0270. The van der Waals surface area contributed by atoms with Crippen LogP contribution in [0.25, 0.3) is 0 Å². The molecule has 0 radical (unpaired) electrons. The Morgan fingerprint density at radius 3 is 1.02 bits per heavy atom. The first-order valence-corrected chi connectivity index (χ1v) is 18.5. The molecule has 15 heteroatoms. The third kappa shape index (κ3) is 27.8. The van der Waals surface area contributed by atoms with Gasteiger partial charge in [0.25, 0.3) is 5.69 Å². The number of ether oxygens (including phenoxy) is 10. The molecule has 0 saturated heterocycles. The Labute approximate surface area is 262 Å². The third-order valence-electron chi connectivity index (χ3n) is 5.28. The molecule has 0 spiro atoms. The Bertz CT molecular complexity index is 784. The van der Waals surface area contributed by atoms with E-state index in [2.05, 4.69) is 19.6 Å². The zero-order valence-electron chi connectivity index (χ0n) is 26.7. The van der Waals surface area contributed by atoms with Crippen molar-refractivity contribution in [2.75, 3.05) is 132 Å². The van der Waals surface area contributed by atoms with Crippen molar-refractivity contribution in [3.8, 4) is 5.75 Å². The SMILES string of the molecule is C[Si](C)(C)OCCOCCOCCOCCOCCOCCOCCOCCOCCOCCOc1ccc([N+](=O)[O-])cc1. The maximum atomic E-state index is 10.6. The lowest BCUT2D eigenvalue weighted by Gasteiger charge is -2.16. The first kappa shape index (κ1) is 40.3. The van der Waals surface area contributed by atoms with E-state index in [1.54, 1.807) is 12.1 Å². The van der Waals surface area contributed by atoms with Crippen LogP contribution >= 0.6 is 0 Å². The second kappa shape index (κ2) is 28.7. The summed E-state index contributed by atoms with van der Waals surface area (Å²) >= 11 is 0. The highest BCUT2D eigenvalue weighted by Crippen LogP contribution is 2.17. The first-order valence-electron chi connectivity index (χ1n) is 15.1. The highest BCUT2D eigenvalue weighted by molar-refractivity contribution is 6.69. The van der Waals surface area contributed by atoms with Crippen LogP contribution < -0.4 is 4.74 Å². The van der Waals surface area contributed by atoms with Crippen molar-refractivity contribution in [3.63, 3.8) is 0 Å². The standard InChI is InChI=1S/C29H53NO13Si/c1-44(2,3)43-27-25-41-23-21-39-19-17-37-15-13-35-11-9-33-8-10-34-12-14-36-16-18-38-20-22-40-24-26-42-29-6-4-28(5-7-29)30(31)32/h4-7H,8-27H2,1-3H3. The summed E-state index contributed by atoms with van der Waals surface area (Å²) < 4.78 is 60.3. The van der Waals surface area contributed by atoms with Gasteiger partial charge in [0.15, 0.2) is 8.32 Å². The van der Waals surface area contributed by atoms with E-state index in [1.165, 1.54) is 12.1 Å². The van der Waals surface area contributed by atoms with Gasteiger partial charge < -0.3 is 51.8 Å². The highest BCUT2D eigenvalue weighted by atomic mass is 28.4. The summed E-state index contributed by atoms with van der Waals surface area (Å²) in [5.74, 6) is 0.558. The molecule has 0 amide bonds. The van der Waals surface area contributed by atoms with Gasteiger partial charge in [-0.15, -0.1) is 0 Å². The van der Waals surface area contributed by atoms with Crippen molar-refractivity contribution in [2.45, 2.75) is 19.6 Å². The fraction of sp³-hybridized carbons (Fsp3) is 0.793. The summed E-state index contributed by atoms with van der Waals surface area (Å²) in [7, 11) is -1.46. The van der Waals surface area contributed by atoms with Crippen LogP contribution in [-0.2, 0) is 47.1 Å². The van der Waals surface area contributed by atoms with Gasteiger partial charge in [0, 0.05) is 12.1 Å². The van der Waals surface area contributed by atoms with Gasteiger partial charge in [0.05, 0.1) is 130 Å². The molecule has 0 aromatic heterocycles. The summed E-state index contributed by atoms with van der Waals surface area (Å²) in [5, 5.41) is 10.6. The molecular formula is C29H53NO13Si. The Morgan fingerprint density at radius 2 is 0.750 bits per heavy atom. The van der Waals surface area contributed by atoms with E-state index in [0.29, 0.717) is 138 Å². The monoisotopic (exact) mass is 651 g/mol. The molecule has 1 rings (SSSR count). The smallest absolute Gasteiger partial charge is 0.269 e. The molecule has 44 heavy (non-hydrogen) atoms. The normalized spacial score (nSPS) is 11.7. The van der Waals surface area contributed by atoms with Crippen molar-refractivity contribution in [2.24, 2.45) is 0 Å². The Morgan fingerprint density at radius 1 is 0.477 bits per heavy atom. The summed E-state index contributed by atoms with van der Waals surface area (Å²) in [5.41, 5.74) is 0.0270. The number of hydrogen-bond donors (Lipinski definition) is 0. The van der Waals surface area contributed by atoms with Gasteiger partial charge in [-0.05, 0) is 31.8 Å². The third-order valence-corrected chi connectivity index (χ3v) is 6.35. The largest absolute Gasteiger partial charge is 0.491 e. The molecule has 0 fully saturated rings. The molecular weight excluding hydrogens is 598 g/mol. The van der Waals surface area contributed by atoms with Gasteiger partial charge in [0.1, 0.15) is 12.4 Å². The van der Waals surface area contributed by atoms with E-state index in [-0.39, 0.29) is 5.69 Å². The van der Waals surface area contributed by atoms with Gasteiger partial charge in [-0.3, -0.25) is 10.1 Å². The molecule has 0 bridgehead atoms. The average molecular weight is 652 g/mol. The quantitative estimate of drug-likeness (QED) is 0.0476. The number of nitro benzene ring substituents is 1. The van der Waals surface area contributed by atoms with Crippen molar-refractivity contribution < 1.29 is 56.7 Å². The van der Waals surface area contributed by atoms with Crippen LogP contribution in [0.15, 0.2) is 24.3 Å². The minimum Gasteiger partial charge on any atom is -0.491 e. The second-order valence-corrected chi connectivity index (χ2v) is 14.6. The predicted molar refractivity (Wildman–Crippen MR) is 165 cm³/mol. The van der Waals surface area contributed by atoms with E-state index < -0.39 is 13.2 Å². The van der Waals surface area contributed by atoms with Gasteiger partial charge in [-0.1, -0.05) is 0 Å². The van der Waals surface area contributed by atoms with Crippen molar-refractivity contribution >= 4 is 14.0 Å². The highest BCUT2D eigenvalue weighted by Gasteiger charge is 2.13. The lowest BCUT2D eigenvalue weighted by Crippen LogP contribution is -2.27. The molecule has 256 valence electrons. The zero-order chi connectivity index (χ0) is 32.0. The number of non-ortho nitro benzene ring substituents is 1. The number of benzene rings is 1. The molecule has 0 N–H and O–H groups in total. The Hall–Kier alpha value is -1.76. The molecule has 0 heterocycles. The van der Waals surface area contributed by atoms with E-state index in [4.69, 9.17) is 51.8 Å². The van der Waals surface area contributed by atoms with Crippen LogP contribution in [0.4, 0.5) is 5.69 Å². The van der Waals surface area contributed by atoms with Crippen molar-refractivity contribution in [1.82, 2.24) is 0 Å². The lowest BCUT2D eigenvalue weighted by molar-refractivity contribution is -0.384. The van der Waals surface area contributed by atoms with Gasteiger partial charge in [-0.2, -0.15) is 0 Å². The number of hydrogen-bond acceptors (Lipinski definition) is 13. The number of nitrogens with zero attached hydrogens (tertiary/aromatic N) is 1. The fourth-order valence-corrected chi connectivity index (χ4v) is 3.85. The Balaban J connectivity index is 1.67. The van der Waals surface area contributed by atoms with Crippen LogP contribution in [0.5, 0.6) is 5.75 Å². The number of rotatable bonds is 33. The molecule has 1 aromatic rings. The van der Waals surface area contributed by atoms with E-state index >= 15 is 0 Å². The molecule has 0 aliphatic heterocycles. The second-order valence-electron chi connectivity index (χ2n) is 10.1. The summed E-state index contributed by atoms with van der Waals surface area (Å²) in [6.45, 7) is 16.4. The zero-order valence-corrected chi connectivity index (χ0v) is 27.7. The van der Waals surface area contributed by atoms with E-state index in [0.717, 1.165) is 0 Å². The molecule has 1 aromatic carbocycles. The topological polar surface area (TPSA) is 145 Å².